The molecule has 4 nitrogen and oxygen atoms in total. The molecule has 25 heavy (non-hydrogen) atoms. The molecule has 0 unspecified atom stereocenters. The minimum absolute atomic E-state index is 0.0249. The molecule has 0 spiro atoms. The van der Waals surface area contributed by atoms with Crippen LogP contribution in [0.25, 0.3) is 0 Å². The van der Waals surface area contributed by atoms with Crippen LogP contribution in [0.2, 0.25) is 0 Å². The SMILES string of the molecule is C=C1C[C@@H]2C=CC=C[C@@H](C2=O)[C@@](C(=O)OC)(c2cccc(OC)c2)C1. The maximum absolute atomic E-state index is 13.2. The Hall–Kier alpha value is -2.62. The third-order valence-corrected chi connectivity index (χ3v) is 5.13. The molecular weight excluding hydrogens is 316 g/mol. The number of carbonyl (C=O) groups excluding carboxylic acids is 2. The fourth-order valence-corrected chi connectivity index (χ4v) is 3.94. The van der Waals surface area contributed by atoms with Crippen molar-refractivity contribution < 1.29 is 19.1 Å². The fraction of sp³-hybridized carbons (Fsp3) is 0.333. The van der Waals surface area contributed by atoms with E-state index in [4.69, 9.17) is 9.47 Å². The molecule has 0 N–H and O–H groups in total. The molecule has 0 saturated heterocycles. The lowest BCUT2D eigenvalue weighted by Gasteiger charge is -2.35. The van der Waals surface area contributed by atoms with Crippen molar-refractivity contribution in [3.63, 3.8) is 0 Å². The monoisotopic (exact) mass is 338 g/mol. The van der Waals surface area contributed by atoms with Gasteiger partial charge in [-0.05, 0) is 30.5 Å². The fourth-order valence-electron chi connectivity index (χ4n) is 3.94. The molecular formula is C21H22O4. The highest BCUT2D eigenvalue weighted by molar-refractivity contribution is 5.97. The van der Waals surface area contributed by atoms with Crippen LogP contribution < -0.4 is 4.74 Å². The lowest BCUT2D eigenvalue weighted by molar-refractivity contribution is -0.151. The summed E-state index contributed by atoms with van der Waals surface area (Å²) < 4.78 is 10.5. The maximum Gasteiger partial charge on any atom is 0.317 e. The quantitative estimate of drug-likeness (QED) is 0.626. The van der Waals surface area contributed by atoms with Gasteiger partial charge < -0.3 is 9.47 Å². The van der Waals surface area contributed by atoms with Crippen molar-refractivity contribution in [3.05, 3.63) is 66.3 Å². The molecule has 0 amide bonds. The second-order valence-corrected chi connectivity index (χ2v) is 6.58. The maximum atomic E-state index is 13.2. The van der Waals surface area contributed by atoms with E-state index in [1.165, 1.54) is 7.11 Å². The van der Waals surface area contributed by atoms with Crippen molar-refractivity contribution in [3.8, 4) is 5.75 Å². The van der Waals surface area contributed by atoms with E-state index in [0.717, 1.165) is 5.57 Å². The van der Waals surface area contributed by atoms with E-state index < -0.39 is 17.3 Å². The van der Waals surface area contributed by atoms with Crippen molar-refractivity contribution in [2.24, 2.45) is 11.8 Å². The molecule has 1 fully saturated rings. The lowest BCUT2D eigenvalue weighted by atomic mass is 9.66. The van der Waals surface area contributed by atoms with Gasteiger partial charge >= 0.3 is 5.97 Å². The molecule has 2 aliphatic carbocycles. The number of ether oxygens (including phenoxy) is 2. The summed E-state index contributed by atoms with van der Waals surface area (Å²) in [5.74, 6) is -0.629. The number of methoxy groups -OCH3 is 2. The lowest BCUT2D eigenvalue weighted by Crippen LogP contribution is -2.46. The Kier molecular flexibility index (Phi) is 4.62. The summed E-state index contributed by atoms with van der Waals surface area (Å²) in [6, 6.07) is 7.30. The number of rotatable bonds is 3. The van der Waals surface area contributed by atoms with E-state index in [1.54, 1.807) is 7.11 Å². The minimum Gasteiger partial charge on any atom is -0.497 e. The first-order valence-corrected chi connectivity index (χ1v) is 8.31. The first-order valence-electron chi connectivity index (χ1n) is 8.31. The van der Waals surface area contributed by atoms with Crippen molar-refractivity contribution >= 4 is 11.8 Å². The number of carbonyl (C=O) groups is 2. The average Bonchev–Trinajstić information content (AvgIpc) is 2.87. The smallest absolute Gasteiger partial charge is 0.317 e. The minimum atomic E-state index is -1.13. The van der Waals surface area contributed by atoms with Gasteiger partial charge in [-0.2, -0.15) is 0 Å². The van der Waals surface area contributed by atoms with E-state index in [1.807, 2.05) is 48.6 Å². The summed E-state index contributed by atoms with van der Waals surface area (Å²) in [6.07, 6.45) is 8.34. The number of allylic oxidation sites excluding steroid dienone is 5. The zero-order chi connectivity index (χ0) is 18.0. The Labute approximate surface area is 147 Å². The van der Waals surface area contributed by atoms with Crippen LogP contribution in [0.4, 0.5) is 0 Å². The van der Waals surface area contributed by atoms with Gasteiger partial charge in [0.05, 0.1) is 20.1 Å². The predicted molar refractivity (Wildman–Crippen MR) is 95.3 cm³/mol. The Balaban J connectivity index is 2.26. The van der Waals surface area contributed by atoms with Crippen LogP contribution >= 0.6 is 0 Å². The molecule has 1 aromatic rings. The molecule has 130 valence electrons. The van der Waals surface area contributed by atoms with Crippen molar-refractivity contribution in [1.82, 2.24) is 0 Å². The zero-order valence-corrected chi connectivity index (χ0v) is 14.5. The molecule has 0 heterocycles. The number of Topliss-reactive ketones (excluding diaryl/α,β-unsaturated/α-hetero) is 1. The van der Waals surface area contributed by atoms with Gasteiger partial charge in [0.25, 0.3) is 0 Å². The highest BCUT2D eigenvalue weighted by atomic mass is 16.5. The number of esters is 1. The normalized spacial score (nSPS) is 28.2. The van der Waals surface area contributed by atoms with Crippen molar-refractivity contribution in [2.75, 3.05) is 14.2 Å². The third kappa shape index (κ3) is 2.82. The molecule has 3 atom stereocenters. The highest BCUT2D eigenvalue weighted by Gasteiger charge is 2.53. The first-order chi connectivity index (χ1) is 12.0. The van der Waals surface area contributed by atoms with Gasteiger partial charge in [-0.15, -0.1) is 0 Å². The van der Waals surface area contributed by atoms with Crippen LogP contribution in [0.1, 0.15) is 18.4 Å². The van der Waals surface area contributed by atoms with E-state index in [-0.39, 0.29) is 11.7 Å². The van der Waals surface area contributed by atoms with E-state index in [9.17, 15) is 9.59 Å². The number of benzene rings is 1. The van der Waals surface area contributed by atoms with Crippen LogP contribution in [0, 0.1) is 11.8 Å². The molecule has 2 bridgehead atoms. The first kappa shape index (κ1) is 17.2. The molecule has 1 saturated carbocycles. The van der Waals surface area contributed by atoms with Gasteiger partial charge in [0.15, 0.2) is 0 Å². The number of hydrogen-bond donors (Lipinski definition) is 0. The van der Waals surface area contributed by atoms with Gasteiger partial charge in [0.1, 0.15) is 16.9 Å². The van der Waals surface area contributed by atoms with Crippen LogP contribution in [-0.2, 0) is 19.7 Å². The van der Waals surface area contributed by atoms with Crippen LogP contribution in [0.5, 0.6) is 5.75 Å². The van der Waals surface area contributed by atoms with Gasteiger partial charge in [-0.3, -0.25) is 9.59 Å². The summed E-state index contributed by atoms with van der Waals surface area (Å²) in [6.45, 7) is 4.13. The van der Waals surface area contributed by atoms with E-state index in [0.29, 0.717) is 24.2 Å². The Bertz CT molecular complexity index is 774. The van der Waals surface area contributed by atoms with Crippen LogP contribution in [-0.4, -0.2) is 26.0 Å². The third-order valence-electron chi connectivity index (χ3n) is 5.13. The predicted octanol–water partition coefficient (Wildman–Crippen LogP) is 3.38. The highest BCUT2D eigenvalue weighted by Crippen LogP contribution is 2.47. The molecule has 2 aliphatic rings. The standard InChI is InChI=1S/C21H22O4/c1-14-11-15-7-4-5-10-18(19(15)22)21(13-14,20(23)25-3)16-8-6-9-17(12-16)24-2/h4-10,12,15,18H,1,11,13H2,2-3H3/t15-,18-,21-/m0/s1. The largest absolute Gasteiger partial charge is 0.497 e. The number of hydrogen-bond acceptors (Lipinski definition) is 4. The summed E-state index contributed by atoms with van der Waals surface area (Å²) in [5, 5.41) is 0. The second kappa shape index (κ2) is 6.71. The Morgan fingerprint density at radius 2 is 2.00 bits per heavy atom. The molecule has 0 radical (unpaired) electrons. The summed E-state index contributed by atoms with van der Waals surface area (Å²) in [4.78, 5) is 26.2. The molecule has 0 aliphatic heterocycles. The summed E-state index contributed by atoms with van der Waals surface area (Å²) >= 11 is 0. The molecule has 1 aromatic carbocycles. The van der Waals surface area contributed by atoms with Gasteiger partial charge in [0, 0.05) is 5.92 Å². The number of fused-ring (bicyclic) bond motifs is 2. The van der Waals surface area contributed by atoms with Crippen molar-refractivity contribution in [2.45, 2.75) is 18.3 Å². The Morgan fingerprint density at radius 3 is 2.72 bits per heavy atom. The zero-order valence-electron chi connectivity index (χ0n) is 14.5. The summed E-state index contributed by atoms with van der Waals surface area (Å²) in [5.41, 5.74) is 0.453. The Morgan fingerprint density at radius 1 is 1.24 bits per heavy atom. The van der Waals surface area contributed by atoms with Crippen LogP contribution in [0.3, 0.4) is 0 Å². The summed E-state index contributed by atoms with van der Waals surface area (Å²) in [7, 11) is 2.94. The molecule has 0 aromatic heterocycles. The topological polar surface area (TPSA) is 52.6 Å². The van der Waals surface area contributed by atoms with E-state index in [2.05, 4.69) is 6.58 Å². The van der Waals surface area contributed by atoms with Gasteiger partial charge in [0.2, 0.25) is 0 Å². The molecule has 3 rings (SSSR count). The van der Waals surface area contributed by atoms with E-state index >= 15 is 0 Å². The number of ketones is 1. The van der Waals surface area contributed by atoms with Crippen LogP contribution in [0.15, 0.2) is 60.7 Å². The molecule has 4 heteroatoms. The average molecular weight is 338 g/mol. The van der Waals surface area contributed by atoms with Gasteiger partial charge in [-0.1, -0.05) is 48.6 Å². The second-order valence-electron chi connectivity index (χ2n) is 6.58. The van der Waals surface area contributed by atoms with Crippen molar-refractivity contribution in [1.29, 1.82) is 0 Å². The van der Waals surface area contributed by atoms with Gasteiger partial charge in [-0.25, -0.2) is 0 Å².